The van der Waals surface area contributed by atoms with Crippen LogP contribution in [0.4, 0.5) is 11.6 Å². The number of fused-ring (bicyclic) bond motifs is 1. The first-order valence-corrected chi connectivity index (χ1v) is 7.18. The molecule has 3 aromatic heterocycles. The molecule has 0 fully saturated rings. The molecule has 0 aliphatic carbocycles. The van der Waals surface area contributed by atoms with Crippen LogP contribution in [0.25, 0.3) is 11.0 Å². The Kier molecular flexibility index (Phi) is 3.74. The van der Waals surface area contributed by atoms with Gasteiger partial charge in [0.15, 0.2) is 5.82 Å². The van der Waals surface area contributed by atoms with E-state index >= 15 is 0 Å². The summed E-state index contributed by atoms with van der Waals surface area (Å²) in [6, 6.07) is 4.09. The van der Waals surface area contributed by atoms with Crippen LogP contribution < -0.4 is 5.32 Å². The summed E-state index contributed by atoms with van der Waals surface area (Å²) in [5, 5.41) is 16.4. The number of nitriles is 1. The number of aryl methyl sites for hydroxylation is 3. The maximum absolute atomic E-state index is 8.68. The number of aromatic nitrogens is 5. The van der Waals surface area contributed by atoms with Crippen molar-refractivity contribution in [3.05, 3.63) is 30.4 Å². The van der Waals surface area contributed by atoms with Gasteiger partial charge in [-0.3, -0.25) is 4.68 Å². The third-order valence-electron chi connectivity index (χ3n) is 3.53. The molecule has 112 valence electrons. The van der Waals surface area contributed by atoms with Gasteiger partial charge in [-0.2, -0.15) is 10.4 Å². The molecule has 0 saturated carbocycles. The lowest BCUT2D eigenvalue weighted by Gasteiger charge is -2.04. The van der Waals surface area contributed by atoms with Crippen molar-refractivity contribution in [2.45, 2.75) is 26.3 Å². The van der Waals surface area contributed by atoms with Gasteiger partial charge in [-0.15, -0.1) is 0 Å². The van der Waals surface area contributed by atoms with Crippen molar-refractivity contribution in [3.8, 4) is 6.07 Å². The third kappa shape index (κ3) is 2.63. The number of nitrogens with one attached hydrogen (secondary N) is 1. The molecule has 0 saturated heterocycles. The van der Waals surface area contributed by atoms with Crippen molar-refractivity contribution in [1.29, 1.82) is 5.26 Å². The lowest BCUT2D eigenvalue weighted by atomic mass is 10.2. The summed E-state index contributed by atoms with van der Waals surface area (Å²) >= 11 is 0. The molecular formula is C15H17N7. The minimum Gasteiger partial charge on any atom is -0.334 e. The largest absolute Gasteiger partial charge is 0.334 e. The van der Waals surface area contributed by atoms with Gasteiger partial charge in [0.25, 0.3) is 0 Å². The molecule has 3 rings (SSSR count). The van der Waals surface area contributed by atoms with Crippen molar-refractivity contribution in [2.24, 2.45) is 7.05 Å². The van der Waals surface area contributed by atoms with Crippen molar-refractivity contribution < 1.29 is 0 Å². The number of hydrogen-bond donors (Lipinski definition) is 1. The molecule has 3 aromatic rings. The van der Waals surface area contributed by atoms with Crippen LogP contribution in [0.3, 0.4) is 0 Å². The molecule has 7 heteroatoms. The fourth-order valence-electron chi connectivity index (χ4n) is 2.33. The summed E-state index contributed by atoms with van der Waals surface area (Å²) in [5.74, 6) is 1.52. The maximum Gasteiger partial charge on any atom is 0.156 e. The molecule has 0 aliphatic rings. The topological polar surface area (TPSA) is 84.3 Å². The molecule has 0 aliphatic heterocycles. The molecule has 3 heterocycles. The van der Waals surface area contributed by atoms with Crippen LogP contribution in [0, 0.1) is 11.3 Å². The summed E-state index contributed by atoms with van der Waals surface area (Å²) < 4.78 is 3.75. The molecule has 7 nitrogen and oxygen atoms in total. The Morgan fingerprint density at radius 2 is 2.23 bits per heavy atom. The predicted molar refractivity (Wildman–Crippen MR) is 83.6 cm³/mol. The van der Waals surface area contributed by atoms with Gasteiger partial charge in [0.05, 0.1) is 37.1 Å². The number of pyridine rings is 1. The maximum atomic E-state index is 8.68. The zero-order valence-corrected chi connectivity index (χ0v) is 12.6. The quantitative estimate of drug-likeness (QED) is 0.781. The fourth-order valence-corrected chi connectivity index (χ4v) is 2.33. The van der Waals surface area contributed by atoms with E-state index in [4.69, 9.17) is 5.26 Å². The van der Waals surface area contributed by atoms with Gasteiger partial charge >= 0.3 is 0 Å². The smallest absolute Gasteiger partial charge is 0.156 e. The van der Waals surface area contributed by atoms with E-state index in [0.717, 1.165) is 34.7 Å². The van der Waals surface area contributed by atoms with Crippen LogP contribution in [-0.4, -0.2) is 24.3 Å². The van der Waals surface area contributed by atoms with Crippen LogP contribution in [0.15, 0.2) is 24.8 Å². The number of anilines is 2. The van der Waals surface area contributed by atoms with E-state index in [-0.39, 0.29) is 0 Å². The normalized spacial score (nSPS) is 10.8. The summed E-state index contributed by atoms with van der Waals surface area (Å²) in [5.41, 5.74) is 2.98. The second-order valence-electron chi connectivity index (χ2n) is 5.07. The minimum atomic E-state index is 0.448. The third-order valence-corrected chi connectivity index (χ3v) is 3.53. The molecule has 0 radical (unpaired) electrons. The van der Waals surface area contributed by atoms with E-state index in [1.165, 1.54) is 0 Å². The van der Waals surface area contributed by atoms with E-state index in [2.05, 4.69) is 33.4 Å². The van der Waals surface area contributed by atoms with E-state index < -0.39 is 0 Å². The average molecular weight is 295 g/mol. The predicted octanol–water partition coefficient (Wildman–Crippen LogP) is 2.38. The Bertz CT molecular complexity index is 837. The second-order valence-corrected chi connectivity index (χ2v) is 5.07. The molecule has 0 amide bonds. The Balaban J connectivity index is 1.88. The van der Waals surface area contributed by atoms with Gasteiger partial charge in [0.2, 0.25) is 0 Å². The molecule has 0 atom stereocenters. The first-order valence-electron chi connectivity index (χ1n) is 7.18. The molecule has 0 unspecified atom stereocenters. The van der Waals surface area contributed by atoms with Crippen molar-refractivity contribution in [1.82, 2.24) is 24.3 Å². The first-order chi connectivity index (χ1) is 10.7. The summed E-state index contributed by atoms with van der Waals surface area (Å²) in [6.45, 7) is 2.67. The summed E-state index contributed by atoms with van der Waals surface area (Å²) in [4.78, 5) is 8.63. The van der Waals surface area contributed by atoms with Crippen LogP contribution in [-0.2, 0) is 20.0 Å². The van der Waals surface area contributed by atoms with Gasteiger partial charge in [0, 0.05) is 24.9 Å². The Morgan fingerprint density at radius 1 is 1.36 bits per heavy atom. The number of imidazole rings is 1. The van der Waals surface area contributed by atoms with E-state index in [1.807, 2.05) is 23.9 Å². The number of nitrogens with zero attached hydrogens (tertiary/aromatic N) is 6. The monoisotopic (exact) mass is 295 g/mol. The molecule has 1 N–H and O–H groups in total. The Labute approximate surface area is 128 Å². The molecule has 0 bridgehead atoms. The first kappa shape index (κ1) is 14.1. The van der Waals surface area contributed by atoms with Crippen molar-refractivity contribution >= 4 is 22.7 Å². The van der Waals surface area contributed by atoms with Gasteiger partial charge in [-0.05, 0) is 6.42 Å². The molecule has 22 heavy (non-hydrogen) atoms. The zero-order chi connectivity index (χ0) is 15.5. The van der Waals surface area contributed by atoms with Crippen molar-refractivity contribution in [3.63, 3.8) is 0 Å². The zero-order valence-electron chi connectivity index (χ0n) is 12.6. The lowest BCUT2D eigenvalue weighted by Crippen LogP contribution is -2.00. The van der Waals surface area contributed by atoms with Gasteiger partial charge in [0.1, 0.15) is 11.3 Å². The summed E-state index contributed by atoms with van der Waals surface area (Å²) in [7, 11) is 1.95. The van der Waals surface area contributed by atoms with Gasteiger partial charge < -0.3 is 9.88 Å². The Hall–Kier alpha value is -2.88. The standard InChI is InChI=1S/C15H17N7/c1-3-11-9-22(6-4-5-16)20-15(11)19-14-7-13-12(8-17-14)18-10-21(13)2/h7-10H,3-4,6H2,1-2H3,(H,17,19,20). The lowest BCUT2D eigenvalue weighted by molar-refractivity contribution is 0.629. The van der Waals surface area contributed by atoms with Crippen molar-refractivity contribution in [2.75, 3.05) is 5.32 Å². The highest BCUT2D eigenvalue weighted by atomic mass is 15.3. The minimum absolute atomic E-state index is 0.448. The molecule has 0 spiro atoms. The van der Waals surface area contributed by atoms with Crippen LogP contribution >= 0.6 is 0 Å². The van der Waals surface area contributed by atoms with E-state index in [0.29, 0.717) is 13.0 Å². The fraction of sp³-hybridized carbons (Fsp3) is 0.333. The van der Waals surface area contributed by atoms with E-state index in [1.54, 1.807) is 17.2 Å². The second kappa shape index (κ2) is 5.85. The molecule has 0 aromatic carbocycles. The number of rotatable bonds is 5. The summed E-state index contributed by atoms with van der Waals surface area (Å²) in [6.07, 6.45) is 6.80. The van der Waals surface area contributed by atoms with E-state index in [9.17, 15) is 0 Å². The van der Waals surface area contributed by atoms with Crippen LogP contribution in [0.5, 0.6) is 0 Å². The SMILES string of the molecule is CCc1cn(CCC#N)nc1Nc1cc2c(cn1)ncn2C. The van der Waals surface area contributed by atoms with Gasteiger partial charge in [-0.25, -0.2) is 9.97 Å². The average Bonchev–Trinajstić information content (AvgIpc) is 3.09. The molecular weight excluding hydrogens is 278 g/mol. The van der Waals surface area contributed by atoms with Crippen LogP contribution in [0.2, 0.25) is 0 Å². The highest BCUT2D eigenvalue weighted by Gasteiger charge is 2.09. The van der Waals surface area contributed by atoms with Gasteiger partial charge in [-0.1, -0.05) is 6.92 Å². The number of hydrogen-bond acceptors (Lipinski definition) is 5. The Morgan fingerprint density at radius 3 is 3.00 bits per heavy atom. The highest BCUT2D eigenvalue weighted by molar-refractivity contribution is 5.78. The highest BCUT2D eigenvalue weighted by Crippen LogP contribution is 2.21. The van der Waals surface area contributed by atoms with Crippen LogP contribution in [0.1, 0.15) is 18.9 Å².